The SMILES string of the molecule is CC.CC1OOC1(C)c1ccccc1. The van der Waals surface area contributed by atoms with Crippen LogP contribution in [-0.4, -0.2) is 6.10 Å². The Kier molecular flexibility index (Phi) is 3.67. The maximum absolute atomic E-state index is 5.12. The summed E-state index contributed by atoms with van der Waals surface area (Å²) in [6.07, 6.45) is 0.139. The Balaban J connectivity index is 0.000000461. The Morgan fingerprint density at radius 2 is 1.71 bits per heavy atom. The van der Waals surface area contributed by atoms with E-state index in [0.717, 1.165) is 0 Å². The fourth-order valence-electron chi connectivity index (χ4n) is 1.34. The predicted molar refractivity (Wildman–Crippen MR) is 56.8 cm³/mol. The van der Waals surface area contributed by atoms with Gasteiger partial charge in [-0.25, -0.2) is 9.78 Å². The van der Waals surface area contributed by atoms with E-state index < -0.39 is 0 Å². The van der Waals surface area contributed by atoms with Crippen molar-refractivity contribution in [3.63, 3.8) is 0 Å². The van der Waals surface area contributed by atoms with Crippen LogP contribution in [0.25, 0.3) is 0 Å². The van der Waals surface area contributed by atoms with Crippen molar-refractivity contribution < 1.29 is 9.78 Å². The van der Waals surface area contributed by atoms with Gasteiger partial charge in [-0.05, 0) is 19.4 Å². The topological polar surface area (TPSA) is 18.5 Å². The smallest absolute Gasteiger partial charge is 0.154 e. The van der Waals surface area contributed by atoms with E-state index in [-0.39, 0.29) is 11.7 Å². The maximum Gasteiger partial charge on any atom is 0.154 e. The minimum Gasteiger partial charge on any atom is -0.229 e. The molecule has 0 amide bonds. The highest BCUT2D eigenvalue weighted by molar-refractivity contribution is 5.23. The van der Waals surface area contributed by atoms with Crippen molar-refractivity contribution in [2.45, 2.75) is 39.4 Å². The molecule has 0 radical (unpaired) electrons. The first-order valence-electron chi connectivity index (χ1n) is 5.13. The van der Waals surface area contributed by atoms with Crippen molar-refractivity contribution in [2.75, 3.05) is 0 Å². The first kappa shape index (κ1) is 11.2. The van der Waals surface area contributed by atoms with Crippen LogP contribution in [-0.2, 0) is 15.4 Å². The molecule has 2 heteroatoms. The predicted octanol–water partition coefficient (Wildman–Crippen LogP) is 3.28. The van der Waals surface area contributed by atoms with E-state index in [1.165, 1.54) is 5.56 Å². The maximum atomic E-state index is 5.12. The molecule has 2 nitrogen and oxygen atoms in total. The Labute approximate surface area is 85.8 Å². The molecule has 14 heavy (non-hydrogen) atoms. The molecular formula is C12H18O2. The third-order valence-electron chi connectivity index (χ3n) is 2.49. The van der Waals surface area contributed by atoms with E-state index in [2.05, 4.69) is 12.1 Å². The molecule has 1 saturated heterocycles. The fraction of sp³-hybridized carbons (Fsp3) is 0.500. The molecule has 1 aromatic rings. The van der Waals surface area contributed by atoms with Crippen LogP contribution in [0.4, 0.5) is 0 Å². The summed E-state index contributed by atoms with van der Waals surface area (Å²) in [7, 11) is 0. The average Bonchev–Trinajstić information content (AvgIpc) is 2.30. The molecule has 1 aliphatic heterocycles. The number of benzene rings is 1. The van der Waals surface area contributed by atoms with Crippen molar-refractivity contribution in [1.82, 2.24) is 0 Å². The van der Waals surface area contributed by atoms with Gasteiger partial charge in [-0.2, -0.15) is 0 Å². The number of hydrogen-bond acceptors (Lipinski definition) is 2. The van der Waals surface area contributed by atoms with Crippen molar-refractivity contribution in [3.8, 4) is 0 Å². The summed E-state index contributed by atoms with van der Waals surface area (Å²) >= 11 is 0. The lowest BCUT2D eigenvalue weighted by Gasteiger charge is -2.42. The van der Waals surface area contributed by atoms with Crippen LogP contribution in [0.3, 0.4) is 0 Å². The fourth-order valence-corrected chi connectivity index (χ4v) is 1.34. The minimum absolute atomic E-state index is 0.139. The van der Waals surface area contributed by atoms with E-state index in [9.17, 15) is 0 Å². The van der Waals surface area contributed by atoms with Crippen LogP contribution in [0.2, 0.25) is 0 Å². The molecule has 0 aromatic heterocycles. The summed E-state index contributed by atoms with van der Waals surface area (Å²) in [6.45, 7) is 8.05. The summed E-state index contributed by atoms with van der Waals surface area (Å²) in [5.41, 5.74) is 0.921. The molecule has 0 saturated carbocycles. The molecule has 0 aliphatic carbocycles. The molecule has 0 spiro atoms. The quantitative estimate of drug-likeness (QED) is 0.639. The van der Waals surface area contributed by atoms with Crippen molar-refractivity contribution in [3.05, 3.63) is 35.9 Å². The third kappa shape index (κ3) is 1.81. The van der Waals surface area contributed by atoms with Crippen molar-refractivity contribution in [1.29, 1.82) is 0 Å². The monoisotopic (exact) mass is 194 g/mol. The Hall–Kier alpha value is -0.860. The molecular weight excluding hydrogens is 176 g/mol. The van der Waals surface area contributed by atoms with Crippen LogP contribution in [0, 0.1) is 0 Å². The van der Waals surface area contributed by atoms with Gasteiger partial charge >= 0.3 is 0 Å². The van der Waals surface area contributed by atoms with Gasteiger partial charge in [-0.3, -0.25) is 0 Å². The highest BCUT2D eigenvalue weighted by Crippen LogP contribution is 2.38. The summed E-state index contributed by atoms with van der Waals surface area (Å²) in [5, 5.41) is 0. The van der Waals surface area contributed by atoms with Crippen LogP contribution in [0.15, 0.2) is 30.3 Å². The molecule has 2 atom stereocenters. The zero-order valence-corrected chi connectivity index (χ0v) is 9.28. The Morgan fingerprint density at radius 1 is 1.14 bits per heavy atom. The molecule has 0 bridgehead atoms. The first-order chi connectivity index (χ1) is 6.73. The molecule has 0 N–H and O–H groups in total. The van der Waals surface area contributed by atoms with Gasteiger partial charge in [0.1, 0.15) is 6.10 Å². The second kappa shape index (κ2) is 4.58. The van der Waals surface area contributed by atoms with E-state index in [4.69, 9.17) is 9.78 Å². The summed E-state index contributed by atoms with van der Waals surface area (Å²) in [6, 6.07) is 10.1. The second-order valence-electron chi connectivity index (χ2n) is 3.29. The zero-order chi connectivity index (χ0) is 10.6. The van der Waals surface area contributed by atoms with Crippen LogP contribution in [0.1, 0.15) is 33.3 Å². The van der Waals surface area contributed by atoms with Crippen LogP contribution in [0.5, 0.6) is 0 Å². The lowest BCUT2D eigenvalue weighted by molar-refractivity contribution is -0.509. The molecule has 2 unspecified atom stereocenters. The van der Waals surface area contributed by atoms with E-state index in [1.54, 1.807) is 0 Å². The standard InChI is InChI=1S/C10H12O2.C2H6/c1-8-10(2,12-11-8)9-6-4-3-5-7-9;1-2/h3-8H,1-2H3;1-2H3. The molecule has 1 aromatic carbocycles. The Morgan fingerprint density at radius 3 is 2.07 bits per heavy atom. The molecule has 1 fully saturated rings. The number of hydrogen-bond donors (Lipinski definition) is 0. The molecule has 78 valence electrons. The molecule has 2 rings (SSSR count). The van der Waals surface area contributed by atoms with Gasteiger partial charge in [0.25, 0.3) is 0 Å². The van der Waals surface area contributed by atoms with Crippen molar-refractivity contribution >= 4 is 0 Å². The van der Waals surface area contributed by atoms with E-state index in [0.29, 0.717) is 0 Å². The van der Waals surface area contributed by atoms with Crippen LogP contribution >= 0.6 is 0 Å². The number of rotatable bonds is 1. The lowest BCUT2D eigenvalue weighted by Crippen LogP contribution is -2.49. The minimum atomic E-state index is -0.249. The highest BCUT2D eigenvalue weighted by atomic mass is 17.3. The largest absolute Gasteiger partial charge is 0.229 e. The highest BCUT2D eigenvalue weighted by Gasteiger charge is 2.45. The first-order valence-corrected chi connectivity index (χ1v) is 5.13. The summed E-state index contributed by atoms with van der Waals surface area (Å²) < 4.78 is 0. The van der Waals surface area contributed by atoms with Gasteiger partial charge in [-0.15, -0.1) is 0 Å². The summed E-state index contributed by atoms with van der Waals surface area (Å²) in [5.74, 6) is 0. The average molecular weight is 194 g/mol. The van der Waals surface area contributed by atoms with E-state index in [1.807, 2.05) is 45.9 Å². The van der Waals surface area contributed by atoms with Gasteiger partial charge in [0.15, 0.2) is 5.60 Å². The third-order valence-corrected chi connectivity index (χ3v) is 2.49. The molecule has 1 aliphatic rings. The van der Waals surface area contributed by atoms with Crippen molar-refractivity contribution in [2.24, 2.45) is 0 Å². The van der Waals surface area contributed by atoms with Gasteiger partial charge in [-0.1, -0.05) is 44.2 Å². The van der Waals surface area contributed by atoms with Gasteiger partial charge < -0.3 is 0 Å². The van der Waals surface area contributed by atoms with Crippen LogP contribution < -0.4 is 0 Å². The van der Waals surface area contributed by atoms with Gasteiger partial charge in [0.05, 0.1) is 0 Å². The van der Waals surface area contributed by atoms with E-state index >= 15 is 0 Å². The normalized spacial score (nSPS) is 29.9. The Bertz CT molecular complexity index is 271. The molecule has 1 heterocycles. The zero-order valence-electron chi connectivity index (χ0n) is 9.28. The van der Waals surface area contributed by atoms with Gasteiger partial charge in [0, 0.05) is 0 Å². The lowest BCUT2D eigenvalue weighted by atomic mass is 9.90. The van der Waals surface area contributed by atoms with Gasteiger partial charge in [0.2, 0.25) is 0 Å². The second-order valence-corrected chi connectivity index (χ2v) is 3.29. The summed E-state index contributed by atoms with van der Waals surface area (Å²) in [4.78, 5) is 10.0.